The van der Waals surface area contributed by atoms with Gasteiger partial charge in [0, 0.05) is 10.8 Å². The zero-order valence-corrected chi connectivity index (χ0v) is 7.41. The van der Waals surface area contributed by atoms with E-state index in [4.69, 9.17) is 14.0 Å². The Morgan fingerprint density at radius 3 is 2.71 bits per heavy atom. The first-order valence-electron chi connectivity index (χ1n) is 7.66. The standard InChI is InChI=1S/C13H10O/c1-9-6-7-11-10-4-2-3-5-12(10)14-13(11)8-9/h2-8H,1H3/i2D,3D,4D,5D,6D,7D,8D. The van der Waals surface area contributed by atoms with Gasteiger partial charge in [0.05, 0.1) is 9.60 Å². The van der Waals surface area contributed by atoms with Crippen LogP contribution >= 0.6 is 0 Å². The highest BCUT2D eigenvalue weighted by Crippen LogP contribution is 2.28. The van der Waals surface area contributed by atoms with Gasteiger partial charge in [0.15, 0.2) is 0 Å². The molecule has 1 heterocycles. The molecule has 1 heteroatoms. The molecule has 0 saturated heterocycles. The van der Waals surface area contributed by atoms with Gasteiger partial charge in [-0.2, -0.15) is 0 Å². The van der Waals surface area contributed by atoms with Gasteiger partial charge in [-0.1, -0.05) is 30.2 Å². The van der Waals surface area contributed by atoms with Crippen molar-refractivity contribution in [1.29, 1.82) is 0 Å². The van der Waals surface area contributed by atoms with Gasteiger partial charge in [0.2, 0.25) is 0 Å². The van der Waals surface area contributed by atoms with E-state index in [-0.39, 0.29) is 57.7 Å². The summed E-state index contributed by atoms with van der Waals surface area (Å²) in [7, 11) is 0. The summed E-state index contributed by atoms with van der Waals surface area (Å²) in [5.41, 5.74) is 0.223. The molecule has 0 N–H and O–H groups in total. The molecule has 0 bridgehead atoms. The van der Waals surface area contributed by atoms with Gasteiger partial charge in [-0.25, -0.2) is 0 Å². The largest absolute Gasteiger partial charge is 0.456 e. The molecule has 2 aromatic carbocycles. The SMILES string of the molecule is [2H]c1c([2H])c([2H])c2c(oc3c([2H])c(C)c([2H])c([2H])c32)c1[2H]. The number of hydrogen-bond donors (Lipinski definition) is 0. The molecule has 1 nitrogen and oxygen atoms in total. The summed E-state index contributed by atoms with van der Waals surface area (Å²) in [6.45, 7) is 1.53. The van der Waals surface area contributed by atoms with Gasteiger partial charge in [-0.3, -0.25) is 0 Å². The van der Waals surface area contributed by atoms with E-state index in [0.717, 1.165) is 0 Å². The molecular weight excluding hydrogens is 172 g/mol. The molecule has 0 amide bonds. The minimum absolute atomic E-state index is 0.0236. The second-order valence-corrected chi connectivity index (χ2v) is 3.01. The second-order valence-electron chi connectivity index (χ2n) is 3.01. The lowest BCUT2D eigenvalue weighted by Crippen LogP contribution is -1.69. The first-order chi connectivity index (χ1) is 9.77. The van der Waals surface area contributed by atoms with E-state index in [1.807, 2.05) is 0 Å². The lowest BCUT2D eigenvalue weighted by Gasteiger charge is -1.90. The van der Waals surface area contributed by atoms with E-state index in [9.17, 15) is 0 Å². The first kappa shape index (κ1) is 3.43. The average molecular weight is 189 g/mol. The predicted molar refractivity (Wildman–Crippen MR) is 58.5 cm³/mol. The van der Waals surface area contributed by atoms with Crippen LogP contribution in [0.15, 0.2) is 46.7 Å². The summed E-state index contributed by atoms with van der Waals surface area (Å²) in [5, 5.41) is 0.153. The fourth-order valence-corrected chi connectivity index (χ4v) is 1.39. The van der Waals surface area contributed by atoms with Gasteiger partial charge in [0.25, 0.3) is 0 Å². The molecule has 68 valence electrons. The quantitative estimate of drug-likeness (QED) is 0.523. The molecule has 0 saturated carbocycles. The Kier molecular flexibility index (Phi) is 0.640. The van der Waals surface area contributed by atoms with Crippen molar-refractivity contribution in [1.82, 2.24) is 0 Å². The van der Waals surface area contributed by atoms with E-state index in [1.54, 1.807) is 0 Å². The summed E-state index contributed by atoms with van der Waals surface area (Å²) in [6, 6.07) is -1.91. The van der Waals surface area contributed by atoms with Crippen molar-refractivity contribution >= 4 is 21.9 Å². The normalized spacial score (nSPS) is 18.2. The molecule has 0 spiro atoms. The summed E-state index contributed by atoms with van der Waals surface area (Å²) < 4.78 is 60.5. The number of hydrogen-bond acceptors (Lipinski definition) is 1. The molecule has 0 aliphatic heterocycles. The number of rotatable bonds is 0. The maximum atomic E-state index is 8.03. The van der Waals surface area contributed by atoms with Crippen molar-refractivity contribution < 1.29 is 14.0 Å². The van der Waals surface area contributed by atoms with E-state index in [2.05, 4.69) is 0 Å². The minimum Gasteiger partial charge on any atom is -0.456 e. The summed E-state index contributed by atoms with van der Waals surface area (Å²) in [4.78, 5) is 0. The van der Waals surface area contributed by atoms with Gasteiger partial charge in [-0.05, 0) is 24.6 Å². The molecule has 1 aromatic heterocycles. The third-order valence-corrected chi connectivity index (χ3v) is 2.01. The van der Waals surface area contributed by atoms with Gasteiger partial charge in [0.1, 0.15) is 11.2 Å². The average Bonchev–Trinajstić information content (AvgIpc) is 2.87. The Balaban J connectivity index is 2.73. The second kappa shape index (κ2) is 2.61. The molecule has 0 aliphatic rings. The molecule has 0 atom stereocenters. The van der Waals surface area contributed by atoms with Crippen LogP contribution in [-0.4, -0.2) is 0 Å². The first-order valence-corrected chi connectivity index (χ1v) is 4.16. The van der Waals surface area contributed by atoms with Crippen LogP contribution in [0.3, 0.4) is 0 Å². The fourth-order valence-electron chi connectivity index (χ4n) is 1.39. The van der Waals surface area contributed by atoms with Crippen LogP contribution in [0.25, 0.3) is 21.9 Å². The number of benzene rings is 2. The van der Waals surface area contributed by atoms with Crippen LogP contribution in [0.4, 0.5) is 0 Å². The molecule has 14 heavy (non-hydrogen) atoms. The zero-order valence-electron chi connectivity index (χ0n) is 14.4. The Hall–Kier alpha value is -1.76. The summed E-state index contributed by atoms with van der Waals surface area (Å²) in [5.74, 6) is 0. The lowest BCUT2D eigenvalue weighted by atomic mass is 10.1. The Morgan fingerprint density at radius 1 is 1.00 bits per heavy atom. The maximum Gasteiger partial charge on any atom is 0.135 e. The predicted octanol–water partition coefficient (Wildman–Crippen LogP) is 3.89. The summed E-state index contributed by atoms with van der Waals surface area (Å²) >= 11 is 0. The smallest absolute Gasteiger partial charge is 0.135 e. The van der Waals surface area contributed by atoms with Crippen molar-refractivity contribution in [2.75, 3.05) is 0 Å². The molecule has 0 radical (unpaired) electrons. The summed E-state index contributed by atoms with van der Waals surface area (Å²) in [6.07, 6.45) is 0. The van der Waals surface area contributed by atoms with E-state index in [1.165, 1.54) is 6.92 Å². The van der Waals surface area contributed by atoms with Gasteiger partial charge >= 0.3 is 0 Å². The molecule has 0 fully saturated rings. The van der Waals surface area contributed by atoms with Crippen LogP contribution < -0.4 is 0 Å². The highest BCUT2D eigenvalue weighted by atomic mass is 16.3. The third-order valence-electron chi connectivity index (χ3n) is 2.01. The molecule has 0 unspecified atom stereocenters. The molecular formula is C13H10O. The lowest BCUT2D eigenvalue weighted by molar-refractivity contribution is 0.668. The number of fused-ring (bicyclic) bond motifs is 3. The topological polar surface area (TPSA) is 13.1 Å². The highest BCUT2D eigenvalue weighted by molar-refractivity contribution is 6.04. The highest BCUT2D eigenvalue weighted by Gasteiger charge is 2.04. The van der Waals surface area contributed by atoms with Crippen molar-refractivity contribution in [2.24, 2.45) is 0 Å². The number of furan rings is 1. The van der Waals surface area contributed by atoms with Crippen molar-refractivity contribution in [3.05, 3.63) is 47.9 Å². The van der Waals surface area contributed by atoms with E-state index in [0.29, 0.717) is 0 Å². The Bertz CT molecular complexity index is 852. The van der Waals surface area contributed by atoms with Crippen molar-refractivity contribution in [3.8, 4) is 0 Å². The third kappa shape index (κ3) is 0.956. The van der Waals surface area contributed by atoms with Crippen LogP contribution in [0.5, 0.6) is 0 Å². The molecule has 3 rings (SSSR count). The Morgan fingerprint density at radius 2 is 1.79 bits per heavy atom. The Labute approximate surface area is 91.8 Å². The van der Waals surface area contributed by atoms with Crippen molar-refractivity contribution in [2.45, 2.75) is 6.92 Å². The molecule has 0 aliphatic carbocycles. The number of para-hydroxylation sites is 1. The van der Waals surface area contributed by atoms with E-state index >= 15 is 0 Å². The van der Waals surface area contributed by atoms with Crippen molar-refractivity contribution in [3.63, 3.8) is 0 Å². The zero-order chi connectivity index (χ0) is 15.6. The molecule has 3 aromatic rings. The van der Waals surface area contributed by atoms with Gasteiger partial charge in [-0.15, -0.1) is 0 Å². The van der Waals surface area contributed by atoms with E-state index < -0.39 is 12.1 Å². The van der Waals surface area contributed by atoms with Crippen LogP contribution in [0, 0.1) is 6.92 Å². The van der Waals surface area contributed by atoms with Gasteiger partial charge < -0.3 is 4.42 Å². The monoisotopic (exact) mass is 189 g/mol. The maximum absolute atomic E-state index is 8.03. The van der Waals surface area contributed by atoms with Crippen LogP contribution in [0.2, 0.25) is 0 Å². The van der Waals surface area contributed by atoms with Crippen LogP contribution in [-0.2, 0) is 0 Å². The minimum atomic E-state index is -0.424. The fraction of sp³-hybridized carbons (Fsp3) is 0.0769. The van der Waals surface area contributed by atoms with Crippen LogP contribution in [0.1, 0.15) is 15.2 Å².